The van der Waals surface area contributed by atoms with E-state index < -0.39 is 23.4 Å². The van der Waals surface area contributed by atoms with E-state index in [-0.39, 0.29) is 11.4 Å². The smallest absolute Gasteiger partial charge is 0.234 e. The topological polar surface area (TPSA) is 54.9 Å². The number of hydrogen-bond acceptors (Lipinski definition) is 5. The maximum atomic E-state index is 13.7. The Morgan fingerprint density at radius 1 is 1.15 bits per heavy atom. The van der Waals surface area contributed by atoms with Gasteiger partial charge in [0.25, 0.3) is 0 Å². The number of aryl methyl sites for hydroxylation is 2. The number of hydrogen-bond donors (Lipinski definition) is 1. The zero-order chi connectivity index (χ0) is 19.0. The summed E-state index contributed by atoms with van der Waals surface area (Å²) in [6.45, 7) is 0. The summed E-state index contributed by atoms with van der Waals surface area (Å²) >= 11 is 2.89. The second-order valence-electron chi connectivity index (χ2n) is 6.13. The highest BCUT2D eigenvalue weighted by molar-refractivity contribution is 8.00. The highest BCUT2D eigenvalue weighted by atomic mass is 32.2. The minimum absolute atomic E-state index is 0.0326. The number of carbonyl (C=O) groups is 1. The summed E-state index contributed by atoms with van der Waals surface area (Å²) < 4.78 is 39.9. The molecular formula is C18H14F3N3OS2. The summed E-state index contributed by atoms with van der Waals surface area (Å²) in [6, 6.07) is 1.77. The molecule has 140 valence electrons. The number of rotatable bonds is 4. The molecule has 0 saturated heterocycles. The van der Waals surface area contributed by atoms with Crippen LogP contribution in [0.5, 0.6) is 0 Å². The Labute approximate surface area is 161 Å². The summed E-state index contributed by atoms with van der Waals surface area (Å²) in [5, 5.41) is 3.97. The Hall–Kier alpha value is -2.13. The van der Waals surface area contributed by atoms with Crippen molar-refractivity contribution < 1.29 is 18.0 Å². The normalized spacial score (nSPS) is 13.6. The minimum atomic E-state index is -1.61. The Bertz CT molecular complexity index is 1040. The van der Waals surface area contributed by atoms with Crippen molar-refractivity contribution in [2.24, 2.45) is 0 Å². The van der Waals surface area contributed by atoms with E-state index in [0.717, 1.165) is 48.0 Å². The predicted octanol–water partition coefficient (Wildman–Crippen LogP) is 4.72. The van der Waals surface area contributed by atoms with E-state index in [2.05, 4.69) is 15.3 Å². The molecule has 3 aromatic rings. The molecule has 2 heterocycles. The van der Waals surface area contributed by atoms with Crippen LogP contribution in [0.3, 0.4) is 0 Å². The van der Waals surface area contributed by atoms with Gasteiger partial charge in [-0.25, -0.2) is 23.1 Å². The third-order valence-corrected chi connectivity index (χ3v) is 6.56. The van der Waals surface area contributed by atoms with Crippen molar-refractivity contribution in [1.82, 2.24) is 9.97 Å². The average Bonchev–Trinajstić information content (AvgIpc) is 3.06. The number of aromatic nitrogens is 2. The lowest BCUT2D eigenvalue weighted by atomic mass is 9.97. The highest BCUT2D eigenvalue weighted by Crippen LogP contribution is 2.39. The third-order valence-electron chi connectivity index (χ3n) is 4.37. The van der Waals surface area contributed by atoms with E-state index >= 15 is 0 Å². The fourth-order valence-corrected chi connectivity index (χ4v) is 5.23. The first kappa shape index (κ1) is 18.2. The first-order valence-corrected chi connectivity index (χ1v) is 10.2. The number of benzene rings is 1. The minimum Gasteiger partial charge on any atom is -0.323 e. The van der Waals surface area contributed by atoms with Crippen molar-refractivity contribution >= 4 is 44.9 Å². The van der Waals surface area contributed by atoms with Crippen LogP contribution in [-0.4, -0.2) is 21.6 Å². The number of thiophene rings is 1. The first-order valence-electron chi connectivity index (χ1n) is 8.36. The van der Waals surface area contributed by atoms with Crippen molar-refractivity contribution in [2.45, 2.75) is 30.7 Å². The lowest BCUT2D eigenvalue weighted by molar-refractivity contribution is -0.113. The number of anilines is 1. The van der Waals surface area contributed by atoms with Gasteiger partial charge in [0.1, 0.15) is 16.2 Å². The van der Waals surface area contributed by atoms with Gasteiger partial charge >= 0.3 is 0 Å². The van der Waals surface area contributed by atoms with Gasteiger partial charge in [0, 0.05) is 10.3 Å². The number of fused-ring (bicyclic) bond motifs is 3. The van der Waals surface area contributed by atoms with Crippen molar-refractivity contribution in [3.05, 3.63) is 46.4 Å². The van der Waals surface area contributed by atoms with Crippen LogP contribution in [-0.2, 0) is 17.6 Å². The molecule has 2 aromatic heterocycles. The highest BCUT2D eigenvalue weighted by Gasteiger charge is 2.21. The average molecular weight is 409 g/mol. The molecular weight excluding hydrogens is 395 g/mol. The molecule has 0 fully saturated rings. The zero-order valence-electron chi connectivity index (χ0n) is 14.0. The molecule has 4 nitrogen and oxygen atoms in total. The number of thioether (sulfide) groups is 1. The number of amides is 1. The number of halogens is 3. The standard InChI is InChI=1S/C18H14F3N3OS2/c19-10-5-6-11(16(21)15(10)20)24-13(25)7-26-17-14-9-3-1-2-4-12(9)27-18(14)23-8-22-17/h5-6,8H,1-4,7H2,(H,24,25). The van der Waals surface area contributed by atoms with Crippen LogP contribution in [0.25, 0.3) is 10.2 Å². The largest absolute Gasteiger partial charge is 0.323 e. The Kier molecular flexibility index (Phi) is 5.05. The molecule has 0 radical (unpaired) electrons. The van der Waals surface area contributed by atoms with Gasteiger partial charge in [0.15, 0.2) is 17.5 Å². The Morgan fingerprint density at radius 3 is 2.81 bits per heavy atom. The summed E-state index contributed by atoms with van der Waals surface area (Å²) in [5.74, 6) is -4.88. The SMILES string of the molecule is O=C(CSc1ncnc2sc3c(c12)CCCC3)Nc1ccc(F)c(F)c1F. The summed E-state index contributed by atoms with van der Waals surface area (Å²) in [6.07, 6.45) is 5.77. The summed E-state index contributed by atoms with van der Waals surface area (Å²) in [4.78, 5) is 23.0. The number of nitrogens with one attached hydrogen (secondary N) is 1. The van der Waals surface area contributed by atoms with E-state index in [4.69, 9.17) is 0 Å². The molecule has 0 saturated carbocycles. The van der Waals surface area contributed by atoms with Crippen molar-refractivity contribution in [3.63, 3.8) is 0 Å². The van der Waals surface area contributed by atoms with Crippen molar-refractivity contribution in [1.29, 1.82) is 0 Å². The molecule has 0 aliphatic heterocycles. The number of carbonyl (C=O) groups excluding carboxylic acids is 1. The molecule has 0 bridgehead atoms. The monoisotopic (exact) mass is 409 g/mol. The van der Waals surface area contributed by atoms with Gasteiger partial charge in [-0.3, -0.25) is 4.79 Å². The fourth-order valence-electron chi connectivity index (χ4n) is 3.11. The molecule has 0 unspecified atom stereocenters. The van der Waals surface area contributed by atoms with Gasteiger partial charge in [-0.2, -0.15) is 0 Å². The van der Waals surface area contributed by atoms with Gasteiger partial charge in [0.2, 0.25) is 5.91 Å². The summed E-state index contributed by atoms with van der Waals surface area (Å²) in [5.41, 5.74) is 0.872. The van der Waals surface area contributed by atoms with E-state index in [1.165, 1.54) is 28.5 Å². The van der Waals surface area contributed by atoms with Gasteiger partial charge in [-0.05, 0) is 43.4 Å². The van der Waals surface area contributed by atoms with Crippen LogP contribution >= 0.6 is 23.1 Å². The molecule has 0 spiro atoms. The van der Waals surface area contributed by atoms with Crippen LogP contribution in [0.4, 0.5) is 18.9 Å². The molecule has 0 atom stereocenters. The molecule has 1 amide bonds. The zero-order valence-corrected chi connectivity index (χ0v) is 15.7. The Balaban J connectivity index is 1.51. The van der Waals surface area contributed by atoms with Gasteiger partial charge in [0.05, 0.1) is 11.4 Å². The maximum Gasteiger partial charge on any atom is 0.234 e. The van der Waals surface area contributed by atoms with E-state index in [1.807, 2.05) is 0 Å². The van der Waals surface area contributed by atoms with E-state index in [9.17, 15) is 18.0 Å². The second-order valence-corrected chi connectivity index (χ2v) is 8.18. The maximum absolute atomic E-state index is 13.7. The van der Waals surface area contributed by atoms with Crippen LogP contribution in [0, 0.1) is 17.5 Å². The van der Waals surface area contributed by atoms with Crippen LogP contribution in [0.1, 0.15) is 23.3 Å². The molecule has 1 aliphatic rings. The van der Waals surface area contributed by atoms with E-state index in [0.29, 0.717) is 5.03 Å². The predicted molar refractivity (Wildman–Crippen MR) is 99.7 cm³/mol. The molecule has 27 heavy (non-hydrogen) atoms. The second kappa shape index (κ2) is 7.47. The summed E-state index contributed by atoms with van der Waals surface area (Å²) in [7, 11) is 0. The molecule has 1 aliphatic carbocycles. The van der Waals surface area contributed by atoms with E-state index in [1.54, 1.807) is 11.3 Å². The number of nitrogens with zero attached hydrogens (tertiary/aromatic N) is 2. The lowest BCUT2D eigenvalue weighted by Gasteiger charge is -2.11. The Morgan fingerprint density at radius 2 is 1.96 bits per heavy atom. The van der Waals surface area contributed by atoms with Gasteiger partial charge in [-0.1, -0.05) is 11.8 Å². The van der Waals surface area contributed by atoms with Gasteiger partial charge in [-0.15, -0.1) is 11.3 Å². The van der Waals surface area contributed by atoms with Crippen LogP contribution < -0.4 is 5.32 Å². The lowest BCUT2D eigenvalue weighted by Crippen LogP contribution is -2.16. The van der Waals surface area contributed by atoms with Crippen LogP contribution in [0.2, 0.25) is 0 Å². The van der Waals surface area contributed by atoms with Crippen molar-refractivity contribution in [3.8, 4) is 0 Å². The third kappa shape index (κ3) is 3.53. The molecule has 1 N–H and O–H groups in total. The first-order chi connectivity index (χ1) is 13.0. The fraction of sp³-hybridized carbons (Fsp3) is 0.278. The quantitative estimate of drug-likeness (QED) is 0.385. The molecule has 9 heteroatoms. The molecule has 4 rings (SSSR count). The van der Waals surface area contributed by atoms with Crippen LogP contribution in [0.15, 0.2) is 23.5 Å². The van der Waals surface area contributed by atoms with Crippen molar-refractivity contribution in [2.75, 3.05) is 11.1 Å². The molecule has 1 aromatic carbocycles. The van der Waals surface area contributed by atoms with Gasteiger partial charge < -0.3 is 5.32 Å².